The molecule has 0 atom stereocenters. The molecule has 0 unspecified atom stereocenters. The number of aromatic nitrogens is 2. The zero-order valence-corrected chi connectivity index (χ0v) is 12.2. The Balaban J connectivity index is 1.54. The Hall–Kier alpha value is -2.17. The zero-order chi connectivity index (χ0) is 14.7. The number of rotatable bonds is 5. The number of aryl methyl sites for hydroxylation is 3. The summed E-state index contributed by atoms with van der Waals surface area (Å²) < 4.78 is 5.09. The van der Waals surface area contributed by atoms with Crippen molar-refractivity contribution in [1.82, 2.24) is 15.5 Å². The molecule has 1 N–H and O–H groups in total. The van der Waals surface area contributed by atoms with Crippen LogP contribution < -0.4 is 5.32 Å². The van der Waals surface area contributed by atoms with Gasteiger partial charge in [-0.05, 0) is 42.5 Å². The lowest BCUT2D eigenvalue weighted by molar-refractivity contribution is 0.0953. The number of benzene rings is 1. The average molecular weight is 285 g/mol. The molecule has 0 saturated carbocycles. The van der Waals surface area contributed by atoms with Crippen LogP contribution in [0.1, 0.15) is 46.5 Å². The van der Waals surface area contributed by atoms with E-state index in [1.165, 1.54) is 17.5 Å². The summed E-state index contributed by atoms with van der Waals surface area (Å²) >= 11 is 0. The molecule has 1 aromatic carbocycles. The monoisotopic (exact) mass is 285 g/mol. The van der Waals surface area contributed by atoms with Crippen molar-refractivity contribution < 1.29 is 9.32 Å². The molecule has 0 bridgehead atoms. The minimum absolute atomic E-state index is 0.0417. The quantitative estimate of drug-likeness (QED) is 0.913. The van der Waals surface area contributed by atoms with Gasteiger partial charge in [-0.15, -0.1) is 0 Å². The average Bonchev–Trinajstić information content (AvgIpc) is 3.14. The molecular formula is C16H19N3O2. The lowest BCUT2D eigenvalue weighted by Gasteiger charge is -2.06. The summed E-state index contributed by atoms with van der Waals surface area (Å²) in [7, 11) is 0. The predicted molar refractivity (Wildman–Crippen MR) is 78.2 cm³/mol. The van der Waals surface area contributed by atoms with Crippen LogP contribution in [0.15, 0.2) is 22.7 Å². The van der Waals surface area contributed by atoms with Crippen molar-refractivity contribution in [2.75, 3.05) is 6.54 Å². The van der Waals surface area contributed by atoms with Gasteiger partial charge in [-0.2, -0.15) is 4.98 Å². The van der Waals surface area contributed by atoms with Crippen LogP contribution in [-0.2, 0) is 25.7 Å². The smallest absolute Gasteiger partial charge is 0.251 e. The molecule has 1 heterocycles. The summed E-state index contributed by atoms with van der Waals surface area (Å²) in [5.41, 5.74) is 3.42. The van der Waals surface area contributed by atoms with Crippen LogP contribution in [0.3, 0.4) is 0 Å². The maximum Gasteiger partial charge on any atom is 0.251 e. The molecule has 1 amide bonds. The number of fused-ring (bicyclic) bond motifs is 1. The first kappa shape index (κ1) is 13.8. The van der Waals surface area contributed by atoms with Crippen LogP contribution in [0.25, 0.3) is 0 Å². The molecule has 1 aliphatic rings. The number of carbonyl (C=O) groups is 1. The van der Waals surface area contributed by atoms with Crippen LogP contribution >= 0.6 is 0 Å². The minimum atomic E-state index is -0.0417. The summed E-state index contributed by atoms with van der Waals surface area (Å²) in [4.78, 5) is 16.3. The third-order valence-electron chi connectivity index (χ3n) is 3.81. The minimum Gasteiger partial charge on any atom is -0.352 e. The molecule has 21 heavy (non-hydrogen) atoms. The highest BCUT2D eigenvalue weighted by Crippen LogP contribution is 2.22. The van der Waals surface area contributed by atoms with Crippen LogP contribution in [0.2, 0.25) is 0 Å². The third-order valence-corrected chi connectivity index (χ3v) is 3.81. The van der Waals surface area contributed by atoms with Crippen LogP contribution in [0.4, 0.5) is 0 Å². The fraction of sp³-hybridized carbons (Fsp3) is 0.438. The molecular weight excluding hydrogens is 266 g/mol. The Bertz CT molecular complexity index is 649. The van der Waals surface area contributed by atoms with E-state index in [0.717, 1.165) is 24.8 Å². The molecule has 0 aliphatic heterocycles. The van der Waals surface area contributed by atoms with Crippen LogP contribution in [-0.4, -0.2) is 22.6 Å². The highest BCUT2D eigenvalue weighted by Gasteiger charge is 2.14. The summed E-state index contributed by atoms with van der Waals surface area (Å²) in [6.07, 6.45) is 4.72. The number of carbonyl (C=O) groups excluding carboxylic acids is 1. The Morgan fingerprint density at radius 2 is 2.19 bits per heavy atom. The van der Waals surface area contributed by atoms with Crippen molar-refractivity contribution in [3.05, 3.63) is 46.6 Å². The molecule has 0 saturated heterocycles. The molecule has 5 heteroatoms. The van der Waals surface area contributed by atoms with Gasteiger partial charge in [0.2, 0.25) is 5.89 Å². The van der Waals surface area contributed by atoms with E-state index < -0.39 is 0 Å². The van der Waals surface area contributed by atoms with E-state index in [1.54, 1.807) is 0 Å². The summed E-state index contributed by atoms with van der Waals surface area (Å²) in [5.74, 6) is 1.23. The number of nitrogens with one attached hydrogen (secondary N) is 1. The second-order valence-corrected chi connectivity index (χ2v) is 5.30. The van der Waals surface area contributed by atoms with Gasteiger partial charge in [0.05, 0.1) is 0 Å². The second kappa shape index (κ2) is 6.08. The second-order valence-electron chi connectivity index (χ2n) is 5.30. The van der Waals surface area contributed by atoms with Crippen LogP contribution in [0, 0.1) is 0 Å². The Morgan fingerprint density at radius 1 is 1.33 bits per heavy atom. The normalized spacial score (nSPS) is 13.2. The fourth-order valence-electron chi connectivity index (χ4n) is 2.63. The van der Waals surface area contributed by atoms with E-state index in [0.29, 0.717) is 24.7 Å². The van der Waals surface area contributed by atoms with Crippen molar-refractivity contribution in [3.63, 3.8) is 0 Å². The van der Waals surface area contributed by atoms with Gasteiger partial charge in [0, 0.05) is 24.9 Å². The lowest BCUT2D eigenvalue weighted by atomic mass is 10.1. The van der Waals surface area contributed by atoms with Crippen molar-refractivity contribution in [1.29, 1.82) is 0 Å². The van der Waals surface area contributed by atoms with Gasteiger partial charge in [-0.25, -0.2) is 0 Å². The van der Waals surface area contributed by atoms with E-state index in [1.807, 2.05) is 19.1 Å². The summed E-state index contributed by atoms with van der Waals surface area (Å²) in [6, 6.07) is 5.99. The largest absolute Gasteiger partial charge is 0.352 e. The molecule has 0 radical (unpaired) electrons. The number of hydrogen-bond acceptors (Lipinski definition) is 4. The van der Waals surface area contributed by atoms with E-state index >= 15 is 0 Å². The van der Waals surface area contributed by atoms with Crippen molar-refractivity contribution in [3.8, 4) is 0 Å². The van der Waals surface area contributed by atoms with E-state index in [4.69, 9.17) is 4.52 Å². The first-order chi connectivity index (χ1) is 10.3. The zero-order valence-electron chi connectivity index (χ0n) is 12.2. The molecule has 1 aromatic heterocycles. The van der Waals surface area contributed by atoms with E-state index in [2.05, 4.69) is 21.5 Å². The highest BCUT2D eigenvalue weighted by molar-refractivity contribution is 5.94. The number of hydrogen-bond donors (Lipinski definition) is 1. The first-order valence-corrected chi connectivity index (χ1v) is 7.47. The topological polar surface area (TPSA) is 68.0 Å². The van der Waals surface area contributed by atoms with E-state index in [9.17, 15) is 4.79 Å². The predicted octanol–water partition coefficient (Wildman–Crippen LogP) is 2.09. The molecule has 3 rings (SSSR count). The van der Waals surface area contributed by atoms with Crippen molar-refractivity contribution in [2.24, 2.45) is 0 Å². The van der Waals surface area contributed by atoms with Gasteiger partial charge in [0.15, 0.2) is 5.82 Å². The van der Waals surface area contributed by atoms with Gasteiger partial charge in [-0.1, -0.05) is 18.1 Å². The molecule has 1 aliphatic carbocycles. The first-order valence-electron chi connectivity index (χ1n) is 7.47. The number of nitrogens with zero attached hydrogens (tertiary/aromatic N) is 2. The molecule has 5 nitrogen and oxygen atoms in total. The standard InChI is InChI=1S/C16H19N3O2/c1-2-14-18-15(21-19-14)8-9-17-16(20)13-7-6-11-4-3-5-12(11)10-13/h6-7,10H,2-5,8-9H2,1H3,(H,17,20). The van der Waals surface area contributed by atoms with Gasteiger partial charge in [0.1, 0.15) is 0 Å². The SMILES string of the molecule is CCc1noc(CCNC(=O)c2ccc3c(c2)CCC3)n1. The summed E-state index contributed by atoms with van der Waals surface area (Å²) in [5, 5.41) is 6.73. The molecule has 110 valence electrons. The maximum atomic E-state index is 12.1. The number of amides is 1. The highest BCUT2D eigenvalue weighted by atomic mass is 16.5. The Kier molecular flexibility index (Phi) is 3.99. The van der Waals surface area contributed by atoms with Crippen LogP contribution in [0.5, 0.6) is 0 Å². The molecule has 2 aromatic rings. The Labute approximate surface area is 123 Å². The van der Waals surface area contributed by atoms with Crippen molar-refractivity contribution >= 4 is 5.91 Å². The molecule has 0 fully saturated rings. The summed E-state index contributed by atoms with van der Waals surface area (Å²) in [6.45, 7) is 2.48. The maximum absolute atomic E-state index is 12.1. The van der Waals surface area contributed by atoms with Gasteiger partial charge in [0.25, 0.3) is 5.91 Å². The fourth-order valence-corrected chi connectivity index (χ4v) is 2.63. The third kappa shape index (κ3) is 3.12. The van der Waals surface area contributed by atoms with E-state index in [-0.39, 0.29) is 5.91 Å². The van der Waals surface area contributed by atoms with Gasteiger partial charge >= 0.3 is 0 Å². The lowest BCUT2D eigenvalue weighted by Crippen LogP contribution is -2.25. The van der Waals surface area contributed by atoms with Gasteiger partial charge in [-0.3, -0.25) is 4.79 Å². The van der Waals surface area contributed by atoms with Gasteiger partial charge < -0.3 is 9.84 Å². The Morgan fingerprint density at radius 3 is 3.00 bits per heavy atom. The van der Waals surface area contributed by atoms with Crippen molar-refractivity contribution in [2.45, 2.75) is 39.0 Å². The molecule has 0 spiro atoms.